The second-order valence-electron chi connectivity index (χ2n) is 13.1. The number of nitrogens with zero attached hydrogens (tertiary/aromatic N) is 2. The van der Waals surface area contributed by atoms with Gasteiger partial charge in [-0.05, 0) is 73.2 Å². The van der Waals surface area contributed by atoms with Crippen LogP contribution in [0.5, 0.6) is 0 Å². The van der Waals surface area contributed by atoms with Crippen LogP contribution in [-0.4, -0.2) is 86.8 Å². The minimum absolute atomic E-state index is 0. The van der Waals surface area contributed by atoms with Crippen molar-refractivity contribution in [2.24, 2.45) is 0 Å². The molecule has 2 heterocycles. The van der Waals surface area contributed by atoms with E-state index in [1.165, 1.54) is 11.0 Å². The summed E-state index contributed by atoms with van der Waals surface area (Å²) < 4.78 is 157. The SMILES string of the molecule is CC(/C=C/C=C1/N(CCS(=O)(=O)[O-])c2cc([18F])c(S(=O)(=O)[O-])cc2C1(C)C)=C\C=C\C1=[N+](CCS(=O)(=O)[O-])c2ccc(S(=O)(=O)[O-])c([123I])c2C1(C)C.[Na+].[Na+].[Na+]. The summed E-state index contributed by atoms with van der Waals surface area (Å²) in [4.78, 5) is -0.126. The Labute approximate surface area is 401 Å². The van der Waals surface area contributed by atoms with Crippen LogP contribution in [0.25, 0.3) is 0 Å². The zero-order valence-corrected chi connectivity index (χ0v) is 42.7. The van der Waals surface area contributed by atoms with Crippen molar-refractivity contribution in [3.05, 3.63) is 92.5 Å². The van der Waals surface area contributed by atoms with Crippen LogP contribution in [0.4, 0.5) is 15.8 Å². The molecule has 2 aromatic rings. The number of rotatable bonds is 12. The number of allylic oxidation sites excluding steroid dienone is 8. The maximum absolute atomic E-state index is 14.8. The summed E-state index contributed by atoms with van der Waals surface area (Å²) in [5.74, 6) is -2.92. The molecule has 4 rings (SSSR count). The number of hydrogen-bond acceptors (Lipinski definition) is 13. The molecular formula is C32H33FIN2Na3O12S4. The normalized spacial score (nSPS) is 17.6. The van der Waals surface area contributed by atoms with E-state index in [0.29, 0.717) is 28.2 Å². The minimum atomic E-state index is -5.18. The molecule has 55 heavy (non-hydrogen) atoms. The van der Waals surface area contributed by atoms with E-state index in [1.54, 1.807) is 98.2 Å². The van der Waals surface area contributed by atoms with Crippen molar-refractivity contribution in [3.8, 4) is 0 Å². The molecular weight excluding hydrogens is 942 g/mol. The van der Waals surface area contributed by atoms with Crippen LogP contribution in [0, 0.1) is 9.39 Å². The van der Waals surface area contributed by atoms with E-state index in [-0.39, 0.29) is 117 Å². The smallest absolute Gasteiger partial charge is 0.748 e. The zero-order chi connectivity index (χ0) is 39.4. The van der Waals surface area contributed by atoms with Gasteiger partial charge in [0.15, 0.2) is 12.3 Å². The summed E-state index contributed by atoms with van der Waals surface area (Å²) >= 11 is 1.76. The van der Waals surface area contributed by atoms with Crippen LogP contribution < -0.4 is 93.6 Å². The predicted molar refractivity (Wildman–Crippen MR) is 194 cm³/mol. The van der Waals surface area contributed by atoms with E-state index in [9.17, 15) is 56.3 Å². The molecule has 0 spiro atoms. The number of hydrogen-bond donors (Lipinski definition) is 0. The summed E-state index contributed by atoms with van der Waals surface area (Å²) in [7, 11) is -19.4. The fraction of sp³-hybridized carbons (Fsp3) is 0.344. The summed E-state index contributed by atoms with van der Waals surface area (Å²) in [5, 5.41) is 0. The summed E-state index contributed by atoms with van der Waals surface area (Å²) in [6.45, 7) is 7.93. The summed E-state index contributed by atoms with van der Waals surface area (Å²) in [6, 6.07) is 4.26. The first-order chi connectivity index (χ1) is 23.6. The molecule has 284 valence electrons. The third-order valence-corrected chi connectivity index (χ3v) is 13.4. The van der Waals surface area contributed by atoms with E-state index in [2.05, 4.69) is 0 Å². The number of anilines is 1. The van der Waals surface area contributed by atoms with Crippen molar-refractivity contribution in [3.63, 3.8) is 0 Å². The van der Waals surface area contributed by atoms with Crippen LogP contribution in [0.2, 0.25) is 0 Å². The predicted octanol–water partition coefficient (Wildman–Crippen LogP) is -5.54. The molecule has 0 unspecified atom stereocenters. The molecule has 2 aliphatic heterocycles. The molecule has 23 heteroatoms. The summed E-state index contributed by atoms with van der Waals surface area (Å²) in [5.41, 5.74) is 0.759. The number of fused-ring (bicyclic) bond motifs is 2. The second kappa shape index (κ2) is 19.3. The molecule has 0 bridgehead atoms. The van der Waals surface area contributed by atoms with Crippen molar-refractivity contribution in [1.29, 1.82) is 0 Å². The van der Waals surface area contributed by atoms with Crippen LogP contribution in [-0.2, 0) is 51.3 Å². The van der Waals surface area contributed by atoms with Gasteiger partial charge in [-0.1, -0.05) is 43.7 Å². The molecule has 0 radical (unpaired) electrons. The Hall–Kier alpha value is 0.170. The van der Waals surface area contributed by atoms with E-state index >= 15 is 0 Å². The van der Waals surface area contributed by atoms with Gasteiger partial charge in [0.05, 0.1) is 42.4 Å². The second-order valence-corrected chi connectivity index (χ2v) is 19.9. The van der Waals surface area contributed by atoms with Gasteiger partial charge in [0, 0.05) is 39.1 Å². The molecule has 0 amide bonds. The van der Waals surface area contributed by atoms with Crippen molar-refractivity contribution in [1.82, 2.24) is 0 Å². The average molecular weight is 976 g/mol. The van der Waals surface area contributed by atoms with E-state index in [4.69, 9.17) is 0 Å². The van der Waals surface area contributed by atoms with Gasteiger partial charge in [0.2, 0.25) is 5.69 Å². The summed E-state index contributed by atoms with van der Waals surface area (Å²) in [6.07, 6.45) is 9.79. The Balaban J connectivity index is 0.00000504. The maximum Gasteiger partial charge on any atom is 1.00 e. The van der Waals surface area contributed by atoms with Gasteiger partial charge in [-0.3, -0.25) is 0 Å². The van der Waals surface area contributed by atoms with Crippen molar-refractivity contribution in [2.75, 3.05) is 29.5 Å². The molecule has 0 saturated carbocycles. The maximum atomic E-state index is 14.8. The van der Waals surface area contributed by atoms with E-state index < -0.39 is 78.4 Å². The van der Waals surface area contributed by atoms with Gasteiger partial charge < -0.3 is 23.1 Å². The minimum Gasteiger partial charge on any atom is -0.748 e. The van der Waals surface area contributed by atoms with E-state index in [1.807, 2.05) is 0 Å². The third kappa shape index (κ3) is 12.4. The van der Waals surface area contributed by atoms with Crippen molar-refractivity contribution < 1.29 is 150 Å². The first kappa shape index (κ1) is 53.2. The molecule has 0 fully saturated rings. The topological polar surface area (TPSA) is 235 Å². The molecule has 0 N–H and O–H groups in total. The molecule has 14 nitrogen and oxygen atoms in total. The number of halogens is 2. The largest absolute Gasteiger partial charge is 1.00 e. The first-order valence-corrected chi connectivity index (χ1v) is 22.2. The third-order valence-electron chi connectivity index (χ3n) is 8.77. The monoisotopic (exact) mass is 975 g/mol. The fourth-order valence-corrected chi connectivity index (χ4v) is 10.2. The molecule has 2 aliphatic rings. The van der Waals surface area contributed by atoms with Gasteiger partial charge in [-0.25, -0.2) is 38.1 Å². The molecule has 0 atom stereocenters. The Morgan fingerprint density at radius 2 is 1.40 bits per heavy atom. The van der Waals surface area contributed by atoms with Gasteiger partial charge in [-0.15, -0.1) is 0 Å². The molecule has 2 aromatic carbocycles. The fourth-order valence-electron chi connectivity index (χ4n) is 6.34. The van der Waals surface area contributed by atoms with E-state index in [0.717, 1.165) is 18.2 Å². The average Bonchev–Trinajstić information content (AvgIpc) is 3.30. The quantitative estimate of drug-likeness (QED) is 0.0636. The molecule has 0 aromatic heterocycles. The first-order valence-electron chi connectivity index (χ1n) is 15.2. The van der Waals surface area contributed by atoms with Crippen molar-refractivity contribution >= 4 is 80.1 Å². The zero-order valence-electron chi connectivity index (χ0n) is 31.3. The standard InChI is InChI=1S/C32H36FIN2O12S4.3Na/c1-20(8-6-10-27-31(2,3)21-18-26(52(46,47)48)22(33)19-24(21)36(27)15-17-50(40,41)42)9-7-11-28-32(4,5)29-23(35(28)14-16-49(37,38)39)12-13-25(30(29)34)51(43,44)45;;;/h6-13,18-19H,14-17H2,1-5H3,(H3-,37,38,39,40,41,42,43,44,45,46,47,48);;;/q;3*+1/p-3/i33-1,34-4;;;. The Morgan fingerprint density at radius 1 is 0.836 bits per heavy atom. The van der Waals surface area contributed by atoms with Gasteiger partial charge >= 0.3 is 88.7 Å². The van der Waals surface area contributed by atoms with Gasteiger partial charge in [0.1, 0.15) is 36.2 Å². The molecule has 0 aliphatic carbocycles. The Kier molecular flexibility index (Phi) is 18.6. The van der Waals surface area contributed by atoms with Gasteiger partial charge in [0.25, 0.3) is 0 Å². The van der Waals surface area contributed by atoms with Crippen molar-refractivity contribution in [2.45, 2.75) is 55.2 Å². The van der Waals surface area contributed by atoms with Crippen LogP contribution >= 0.6 is 22.6 Å². The Bertz CT molecular complexity index is 2470. The van der Waals surface area contributed by atoms with Crippen LogP contribution in [0.3, 0.4) is 0 Å². The Morgan fingerprint density at radius 3 is 1.93 bits per heavy atom. The van der Waals surface area contributed by atoms with Crippen LogP contribution in [0.1, 0.15) is 45.7 Å². The van der Waals surface area contributed by atoms with Crippen LogP contribution in [0.15, 0.2) is 81.8 Å². The molecule has 0 saturated heterocycles. The number of benzene rings is 2. The van der Waals surface area contributed by atoms with Gasteiger partial charge in [-0.2, -0.15) is 4.58 Å².